The summed E-state index contributed by atoms with van der Waals surface area (Å²) in [5.74, 6) is -1.20. The number of alkyl halides is 3. The maximum absolute atomic E-state index is 14.4. The molecule has 46 heavy (non-hydrogen) atoms. The number of fused-ring (bicyclic) bond motifs is 2. The van der Waals surface area contributed by atoms with Gasteiger partial charge in [-0.3, -0.25) is 19.8 Å². The summed E-state index contributed by atoms with van der Waals surface area (Å²) in [6.07, 6.45) is -5.41. The summed E-state index contributed by atoms with van der Waals surface area (Å²) in [6, 6.07) is 13.6. The molecule has 2 aromatic carbocycles. The maximum atomic E-state index is 14.4. The first kappa shape index (κ1) is 32.9. The lowest BCUT2D eigenvalue weighted by atomic mass is 9.86. The molecule has 3 amide bonds. The number of carbonyl (C=O) groups excluding carboxylic acids is 3. The highest BCUT2D eigenvalue weighted by molar-refractivity contribution is 5.94. The molecule has 0 radical (unpaired) electrons. The summed E-state index contributed by atoms with van der Waals surface area (Å²) in [6.45, 7) is 6.11. The molecular weight excluding hydrogens is 605 g/mol. The van der Waals surface area contributed by atoms with Crippen molar-refractivity contribution in [3.63, 3.8) is 0 Å². The van der Waals surface area contributed by atoms with Crippen LogP contribution in [-0.2, 0) is 40.8 Å². The summed E-state index contributed by atoms with van der Waals surface area (Å²) in [5, 5.41) is 5.30. The van der Waals surface area contributed by atoms with Crippen molar-refractivity contribution in [3.8, 4) is 0 Å². The van der Waals surface area contributed by atoms with Crippen LogP contribution in [0.25, 0.3) is 0 Å². The fraction of sp³-hybridized carbons (Fsp3) is 0.438. The van der Waals surface area contributed by atoms with E-state index in [1.54, 1.807) is 83.4 Å². The van der Waals surface area contributed by atoms with Gasteiger partial charge in [-0.2, -0.15) is 13.2 Å². The minimum Gasteiger partial charge on any atom is -0.444 e. The molecule has 11 nitrogen and oxygen atoms in total. The van der Waals surface area contributed by atoms with Crippen molar-refractivity contribution in [2.45, 2.75) is 57.7 Å². The van der Waals surface area contributed by atoms with Gasteiger partial charge in [0.2, 0.25) is 0 Å². The molecule has 2 aliphatic rings. The number of amides is 3. The lowest BCUT2D eigenvalue weighted by molar-refractivity contribution is -0.174. The number of rotatable bonds is 7. The van der Waals surface area contributed by atoms with Crippen LogP contribution in [0.3, 0.4) is 0 Å². The Morgan fingerprint density at radius 2 is 1.61 bits per heavy atom. The minimum atomic E-state index is -4.80. The van der Waals surface area contributed by atoms with Crippen molar-refractivity contribution >= 4 is 23.6 Å². The van der Waals surface area contributed by atoms with Crippen LogP contribution in [0.2, 0.25) is 0 Å². The van der Waals surface area contributed by atoms with E-state index >= 15 is 0 Å². The molecule has 3 aromatic rings. The number of benzene rings is 2. The van der Waals surface area contributed by atoms with E-state index in [2.05, 4.69) is 15.6 Å². The first-order valence-electron chi connectivity index (χ1n) is 14.8. The Labute approximate surface area is 264 Å². The van der Waals surface area contributed by atoms with Gasteiger partial charge in [0, 0.05) is 51.5 Å². The van der Waals surface area contributed by atoms with Crippen molar-refractivity contribution in [1.29, 1.82) is 0 Å². The quantitative estimate of drug-likeness (QED) is 0.386. The van der Waals surface area contributed by atoms with Gasteiger partial charge in [0.25, 0.3) is 11.8 Å². The van der Waals surface area contributed by atoms with Gasteiger partial charge in [-0.05, 0) is 56.2 Å². The molecule has 1 spiro atoms. The number of aromatic nitrogens is 2. The minimum absolute atomic E-state index is 0.0176. The van der Waals surface area contributed by atoms with Crippen LogP contribution in [0.15, 0.2) is 48.5 Å². The highest BCUT2D eigenvalue weighted by Gasteiger charge is 2.56. The topological polar surface area (TPSA) is 118 Å². The van der Waals surface area contributed by atoms with Gasteiger partial charge in [-0.15, -0.1) is 0 Å². The normalized spacial score (nSPS) is 15.9. The van der Waals surface area contributed by atoms with E-state index in [9.17, 15) is 27.6 Å². The van der Waals surface area contributed by atoms with Gasteiger partial charge in [0.05, 0.1) is 18.9 Å². The van der Waals surface area contributed by atoms with Crippen LogP contribution in [-0.4, -0.2) is 76.7 Å². The van der Waals surface area contributed by atoms with Crippen molar-refractivity contribution in [2.75, 3.05) is 39.2 Å². The van der Waals surface area contributed by atoms with E-state index in [1.807, 2.05) is 4.90 Å². The molecule has 0 bridgehead atoms. The molecular formula is C32H37F3N6O5. The van der Waals surface area contributed by atoms with E-state index in [0.29, 0.717) is 29.9 Å². The van der Waals surface area contributed by atoms with E-state index in [4.69, 9.17) is 9.47 Å². The lowest BCUT2D eigenvalue weighted by Crippen LogP contribution is -2.63. The highest BCUT2D eigenvalue weighted by Crippen LogP contribution is 2.46. The molecule has 0 unspecified atom stereocenters. The average molecular weight is 643 g/mol. The van der Waals surface area contributed by atoms with Gasteiger partial charge < -0.3 is 24.3 Å². The zero-order valence-electron chi connectivity index (χ0n) is 26.3. The highest BCUT2D eigenvalue weighted by atomic mass is 19.4. The van der Waals surface area contributed by atoms with E-state index < -0.39 is 35.0 Å². The Kier molecular flexibility index (Phi) is 8.88. The van der Waals surface area contributed by atoms with Gasteiger partial charge in [-0.25, -0.2) is 9.78 Å². The largest absolute Gasteiger partial charge is 0.444 e. The molecule has 5 rings (SSSR count). The Morgan fingerprint density at radius 3 is 2.15 bits per heavy atom. The zero-order chi connectivity index (χ0) is 33.4. The average Bonchev–Trinajstić information content (AvgIpc) is 3.35. The summed E-state index contributed by atoms with van der Waals surface area (Å²) in [7, 11) is 3.32. The molecule has 1 aromatic heterocycles. The predicted molar refractivity (Wildman–Crippen MR) is 162 cm³/mol. The number of hydrogen-bond donors (Lipinski definition) is 2. The fourth-order valence-corrected chi connectivity index (χ4v) is 5.56. The second-order valence-corrected chi connectivity index (χ2v) is 12.6. The SMILES string of the molecule is CN(C)C(=O)c1ccc(CN2CCn3c(C(=O)NCc4ccc(NC(=O)OC(C)(C)C)cc4)nc(C(F)(F)F)c3C23COC3)cc1. The van der Waals surface area contributed by atoms with Gasteiger partial charge in [0.1, 0.15) is 11.1 Å². The fourth-order valence-electron chi connectivity index (χ4n) is 5.56. The van der Waals surface area contributed by atoms with Crippen LogP contribution < -0.4 is 10.6 Å². The van der Waals surface area contributed by atoms with E-state index in [-0.39, 0.29) is 43.7 Å². The number of ether oxygens (including phenoxy) is 2. The van der Waals surface area contributed by atoms with E-state index in [0.717, 1.165) is 5.56 Å². The summed E-state index contributed by atoms with van der Waals surface area (Å²) >= 11 is 0. The van der Waals surface area contributed by atoms with Crippen LogP contribution in [0, 0.1) is 0 Å². The second kappa shape index (κ2) is 12.4. The molecule has 2 aliphatic heterocycles. The lowest BCUT2D eigenvalue weighted by Gasteiger charge is -2.52. The Morgan fingerprint density at radius 1 is 0.978 bits per heavy atom. The van der Waals surface area contributed by atoms with Crippen molar-refractivity contribution in [1.82, 2.24) is 24.7 Å². The van der Waals surface area contributed by atoms with Crippen LogP contribution in [0.1, 0.15) is 64.3 Å². The smallest absolute Gasteiger partial charge is 0.435 e. The molecule has 1 saturated heterocycles. The summed E-state index contributed by atoms with van der Waals surface area (Å²) in [5.41, 5.74) is -0.478. The van der Waals surface area contributed by atoms with E-state index in [1.165, 1.54) is 9.47 Å². The predicted octanol–water partition coefficient (Wildman–Crippen LogP) is 4.62. The molecule has 1 fully saturated rings. The Balaban J connectivity index is 1.33. The number of nitrogens with zero attached hydrogens (tertiary/aromatic N) is 4. The van der Waals surface area contributed by atoms with Crippen molar-refractivity contribution in [2.24, 2.45) is 0 Å². The van der Waals surface area contributed by atoms with Crippen LogP contribution >= 0.6 is 0 Å². The number of nitrogens with one attached hydrogen (secondary N) is 2. The number of anilines is 1. The monoisotopic (exact) mass is 642 g/mol. The molecule has 246 valence electrons. The second-order valence-electron chi connectivity index (χ2n) is 12.6. The third-order valence-corrected chi connectivity index (χ3v) is 7.79. The number of carbonyl (C=O) groups is 3. The van der Waals surface area contributed by atoms with Gasteiger partial charge in [-0.1, -0.05) is 24.3 Å². The third kappa shape index (κ3) is 6.87. The Bertz CT molecular complexity index is 1610. The molecule has 3 heterocycles. The number of halogens is 3. The first-order chi connectivity index (χ1) is 21.6. The number of imidazole rings is 1. The van der Waals surface area contributed by atoms with Crippen LogP contribution in [0.5, 0.6) is 0 Å². The summed E-state index contributed by atoms with van der Waals surface area (Å²) in [4.78, 5) is 44.8. The molecule has 14 heteroatoms. The number of hydrogen-bond acceptors (Lipinski definition) is 7. The van der Waals surface area contributed by atoms with Crippen molar-refractivity contribution in [3.05, 3.63) is 82.4 Å². The van der Waals surface area contributed by atoms with Gasteiger partial charge in [0.15, 0.2) is 11.5 Å². The van der Waals surface area contributed by atoms with Crippen molar-refractivity contribution < 1.29 is 37.0 Å². The third-order valence-electron chi connectivity index (χ3n) is 7.79. The Hall–Kier alpha value is -4.43. The standard InChI is InChI=1S/C32H37F3N6O5/c1-30(2,3)46-29(44)37-23-12-8-20(9-13-23)16-36-27(42)26-38-24(32(33,34)35)25-31(18-45-19-31)40(14-15-41(25)26)17-21-6-10-22(11-7-21)28(43)39(4)5/h6-13H,14-19H2,1-5H3,(H,36,42)(H,37,44). The summed E-state index contributed by atoms with van der Waals surface area (Å²) < 4.78 is 55.4. The zero-order valence-corrected chi connectivity index (χ0v) is 26.3. The molecule has 0 saturated carbocycles. The van der Waals surface area contributed by atoms with Crippen LogP contribution in [0.4, 0.5) is 23.7 Å². The molecule has 0 atom stereocenters. The molecule has 0 aliphatic carbocycles. The first-order valence-corrected chi connectivity index (χ1v) is 14.8. The molecule has 2 N–H and O–H groups in total. The maximum Gasteiger partial charge on any atom is 0.435 e. The van der Waals surface area contributed by atoms with Gasteiger partial charge >= 0.3 is 12.3 Å².